The average molecular weight is 229 g/mol. The highest BCUT2D eigenvalue weighted by molar-refractivity contribution is 7.51. The zero-order chi connectivity index (χ0) is 11.3. The van der Waals surface area contributed by atoms with Gasteiger partial charge in [-0.1, -0.05) is 18.2 Å². The molecule has 0 saturated carbocycles. The second-order valence-electron chi connectivity index (χ2n) is 3.14. The lowest BCUT2D eigenvalue weighted by molar-refractivity contribution is 0.0697. The molecular weight excluding hydrogens is 213 g/mol. The zero-order valence-electron chi connectivity index (χ0n) is 8.59. The molecule has 84 valence electrons. The molecule has 1 aliphatic heterocycles. The number of hydrogen-bond acceptors (Lipinski definition) is 3. The molecule has 1 aliphatic rings. The van der Waals surface area contributed by atoms with Gasteiger partial charge in [0.1, 0.15) is 0 Å². The summed E-state index contributed by atoms with van der Waals surface area (Å²) < 4.78 is 22.6. The van der Waals surface area contributed by atoms with E-state index >= 15 is 0 Å². The van der Waals surface area contributed by atoms with Crippen LogP contribution in [-0.4, -0.2) is 18.8 Å². The van der Waals surface area contributed by atoms with Gasteiger partial charge in [-0.3, -0.25) is 9.05 Å². The molecule has 4 nitrogen and oxygen atoms in total. The van der Waals surface area contributed by atoms with Crippen LogP contribution in [0.15, 0.2) is 38.0 Å². The van der Waals surface area contributed by atoms with Crippen molar-refractivity contribution in [2.45, 2.75) is 18.6 Å². The first-order valence-electron chi connectivity index (χ1n) is 4.71. The molecule has 1 saturated heterocycles. The highest BCUT2D eigenvalue weighted by atomic mass is 31.2. The lowest BCUT2D eigenvalue weighted by atomic mass is 10.1. The van der Waals surface area contributed by atoms with Crippen molar-refractivity contribution in [3.05, 3.63) is 38.0 Å². The van der Waals surface area contributed by atoms with Crippen LogP contribution in [0.2, 0.25) is 0 Å². The van der Waals surface area contributed by atoms with Crippen molar-refractivity contribution in [1.29, 1.82) is 0 Å². The second kappa shape index (κ2) is 5.42. The fraction of sp³-hybridized carbons (Fsp3) is 0.400. The Balaban J connectivity index is 2.70. The largest absolute Gasteiger partial charge is 0.406 e. The topological polar surface area (TPSA) is 47.6 Å². The van der Waals surface area contributed by atoms with Crippen molar-refractivity contribution in [3.8, 4) is 0 Å². The Morgan fingerprint density at radius 2 is 1.80 bits per heavy atom. The van der Waals surface area contributed by atoms with Gasteiger partial charge in [0.05, 0.1) is 12.2 Å². The summed E-state index contributed by atoms with van der Waals surface area (Å²) in [6, 6.07) is 0. The molecule has 1 rings (SSSR count). The Morgan fingerprint density at radius 1 is 1.27 bits per heavy atom. The van der Waals surface area contributed by atoms with E-state index < -0.39 is 7.75 Å². The molecule has 1 fully saturated rings. The van der Waals surface area contributed by atoms with Crippen molar-refractivity contribution >= 4 is 7.75 Å². The third-order valence-corrected chi connectivity index (χ3v) is 3.63. The maximum absolute atomic E-state index is 12.0. The molecule has 0 radical (unpaired) electrons. The van der Waals surface area contributed by atoms with Crippen LogP contribution in [0.3, 0.4) is 0 Å². The van der Waals surface area contributed by atoms with Gasteiger partial charge in [0.15, 0.2) is 0 Å². The normalized spacial score (nSPS) is 35.7. The van der Waals surface area contributed by atoms with Gasteiger partial charge in [-0.2, -0.15) is 0 Å². The van der Waals surface area contributed by atoms with Crippen molar-refractivity contribution in [1.82, 2.24) is 5.09 Å². The van der Waals surface area contributed by atoms with Crippen LogP contribution >= 0.6 is 7.75 Å². The number of hydrogen-bond donors (Lipinski definition) is 1. The summed E-state index contributed by atoms with van der Waals surface area (Å²) in [7, 11) is -3.24. The van der Waals surface area contributed by atoms with Gasteiger partial charge in [-0.25, -0.2) is 9.65 Å². The van der Waals surface area contributed by atoms with Crippen LogP contribution in [0.5, 0.6) is 0 Å². The predicted molar refractivity (Wildman–Crippen MR) is 60.6 cm³/mol. The smallest absolute Gasteiger partial charge is 0.289 e. The molecule has 0 spiro atoms. The SMILES string of the molecule is C=CCNP1(=O)O[C@H](C=C)C[C@H](C=C)O1. The minimum absolute atomic E-state index is 0.273. The molecule has 0 aromatic rings. The van der Waals surface area contributed by atoms with Crippen molar-refractivity contribution in [2.24, 2.45) is 0 Å². The van der Waals surface area contributed by atoms with Crippen LogP contribution in [0.25, 0.3) is 0 Å². The van der Waals surface area contributed by atoms with Gasteiger partial charge < -0.3 is 0 Å². The van der Waals surface area contributed by atoms with Gasteiger partial charge >= 0.3 is 7.75 Å². The van der Waals surface area contributed by atoms with Crippen LogP contribution in [0.4, 0.5) is 0 Å². The van der Waals surface area contributed by atoms with Gasteiger partial charge in [0.2, 0.25) is 0 Å². The lowest BCUT2D eigenvalue weighted by Crippen LogP contribution is -2.30. The maximum atomic E-state index is 12.0. The summed E-state index contributed by atoms with van der Waals surface area (Å²) in [5.41, 5.74) is 0. The Kier molecular flexibility index (Phi) is 4.48. The molecule has 1 N–H and O–H groups in total. The Bertz CT molecular complexity index is 283. The molecule has 15 heavy (non-hydrogen) atoms. The van der Waals surface area contributed by atoms with Crippen LogP contribution < -0.4 is 5.09 Å². The van der Waals surface area contributed by atoms with E-state index in [4.69, 9.17) is 9.05 Å². The minimum Gasteiger partial charge on any atom is -0.289 e. The van der Waals surface area contributed by atoms with Gasteiger partial charge in [-0.15, -0.1) is 19.7 Å². The molecule has 0 bridgehead atoms. The quantitative estimate of drug-likeness (QED) is 0.581. The monoisotopic (exact) mass is 229 g/mol. The molecule has 0 amide bonds. The summed E-state index contributed by atoms with van der Waals surface area (Å²) in [4.78, 5) is 0. The molecular formula is C10H16NO3P. The van der Waals surface area contributed by atoms with Crippen LogP contribution in [0, 0.1) is 0 Å². The number of nitrogens with one attached hydrogen (secondary N) is 1. The van der Waals surface area contributed by atoms with Crippen molar-refractivity contribution in [3.63, 3.8) is 0 Å². The van der Waals surface area contributed by atoms with Crippen LogP contribution in [-0.2, 0) is 13.6 Å². The molecule has 0 aromatic heterocycles. The molecule has 5 heteroatoms. The summed E-state index contributed by atoms with van der Waals surface area (Å²) in [6.45, 7) is 11.1. The summed E-state index contributed by atoms with van der Waals surface area (Å²) in [5.74, 6) is 0. The summed E-state index contributed by atoms with van der Waals surface area (Å²) in [5, 5.41) is 2.67. The summed E-state index contributed by atoms with van der Waals surface area (Å²) >= 11 is 0. The van der Waals surface area contributed by atoms with E-state index in [2.05, 4.69) is 24.8 Å². The van der Waals surface area contributed by atoms with Crippen molar-refractivity contribution < 1.29 is 13.6 Å². The molecule has 0 aliphatic carbocycles. The second-order valence-corrected chi connectivity index (χ2v) is 4.88. The standard InChI is InChI=1S/C10H16NO3P/c1-4-7-11-15(12)13-9(5-2)8-10(6-3)14-15/h4-6,9-10H,1-3,7-8H2,(H,11,12)/t9-,10+,15?. The fourth-order valence-electron chi connectivity index (χ4n) is 1.23. The Labute approximate surface area is 90.2 Å². The van der Waals surface area contributed by atoms with E-state index in [0.29, 0.717) is 13.0 Å². The zero-order valence-corrected chi connectivity index (χ0v) is 9.49. The summed E-state index contributed by atoms with van der Waals surface area (Å²) in [6.07, 6.45) is 4.86. The first kappa shape index (κ1) is 12.4. The van der Waals surface area contributed by atoms with E-state index in [1.165, 1.54) is 0 Å². The van der Waals surface area contributed by atoms with E-state index in [-0.39, 0.29) is 12.2 Å². The predicted octanol–water partition coefficient (Wildman–Crippen LogP) is 2.42. The Morgan fingerprint density at radius 3 is 2.20 bits per heavy atom. The van der Waals surface area contributed by atoms with E-state index in [1.807, 2.05) is 0 Å². The van der Waals surface area contributed by atoms with Gasteiger partial charge in [0.25, 0.3) is 0 Å². The van der Waals surface area contributed by atoms with Gasteiger partial charge in [-0.05, 0) is 0 Å². The molecule has 1 unspecified atom stereocenters. The Hall–Kier alpha value is -0.670. The van der Waals surface area contributed by atoms with Crippen molar-refractivity contribution in [2.75, 3.05) is 6.54 Å². The van der Waals surface area contributed by atoms with E-state index in [0.717, 1.165) is 0 Å². The lowest BCUT2D eigenvalue weighted by Gasteiger charge is -2.32. The first-order chi connectivity index (χ1) is 7.13. The fourth-order valence-corrected chi connectivity index (χ4v) is 2.83. The van der Waals surface area contributed by atoms with Gasteiger partial charge in [0, 0.05) is 13.0 Å². The average Bonchev–Trinajstić information content (AvgIpc) is 2.25. The third kappa shape index (κ3) is 3.43. The van der Waals surface area contributed by atoms with E-state index in [1.54, 1.807) is 18.2 Å². The first-order valence-corrected chi connectivity index (χ1v) is 6.26. The van der Waals surface area contributed by atoms with E-state index in [9.17, 15) is 4.57 Å². The maximum Gasteiger partial charge on any atom is 0.406 e. The molecule has 3 atom stereocenters. The minimum atomic E-state index is -3.24. The third-order valence-electron chi connectivity index (χ3n) is 1.97. The molecule has 1 heterocycles. The highest BCUT2D eigenvalue weighted by Gasteiger charge is 2.36. The van der Waals surface area contributed by atoms with Crippen LogP contribution in [0.1, 0.15) is 6.42 Å². The number of rotatable bonds is 5. The molecule has 0 aromatic carbocycles. The highest BCUT2D eigenvalue weighted by Crippen LogP contribution is 2.50.